The van der Waals surface area contributed by atoms with Crippen molar-refractivity contribution in [2.24, 2.45) is 0 Å². The predicted molar refractivity (Wildman–Crippen MR) is 107 cm³/mol. The van der Waals surface area contributed by atoms with Crippen LogP contribution in [0.15, 0.2) is 95.9 Å². The Morgan fingerprint density at radius 3 is 1.89 bits per heavy atom. The van der Waals surface area contributed by atoms with Gasteiger partial charge in [-0.15, -0.1) is 0 Å². The molecule has 1 aliphatic rings. The molecular formula is C22H20N2O3S. The number of sulfonamides is 1. The quantitative estimate of drug-likeness (QED) is 0.682. The number of benzene rings is 3. The Balaban J connectivity index is 1.77. The smallest absolute Gasteiger partial charge is 0.255 e. The standard InChI is InChI=1S/C22H20N2O3S/c25-22(19-12-6-2-7-13-19)23-16-17-24(21(23)18-10-4-1-5-11-18)28(26,27)20-14-8-3-9-15-20/h1-15,21H,16-17H2. The second-order valence-electron chi connectivity index (χ2n) is 6.58. The van der Waals surface area contributed by atoms with E-state index in [-0.39, 0.29) is 17.3 Å². The van der Waals surface area contributed by atoms with Crippen LogP contribution < -0.4 is 0 Å². The van der Waals surface area contributed by atoms with Crippen LogP contribution in [0.3, 0.4) is 0 Å². The van der Waals surface area contributed by atoms with E-state index < -0.39 is 16.2 Å². The van der Waals surface area contributed by atoms with Crippen LogP contribution >= 0.6 is 0 Å². The summed E-state index contributed by atoms with van der Waals surface area (Å²) in [7, 11) is -3.75. The van der Waals surface area contributed by atoms with Crippen molar-refractivity contribution >= 4 is 15.9 Å². The lowest BCUT2D eigenvalue weighted by Gasteiger charge is -2.30. The lowest BCUT2D eigenvalue weighted by molar-refractivity contribution is 0.0693. The van der Waals surface area contributed by atoms with Crippen LogP contribution in [0.5, 0.6) is 0 Å². The van der Waals surface area contributed by atoms with Gasteiger partial charge in [0.1, 0.15) is 6.17 Å². The summed E-state index contributed by atoms with van der Waals surface area (Å²) < 4.78 is 28.0. The summed E-state index contributed by atoms with van der Waals surface area (Å²) in [6.07, 6.45) is -0.681. The number of carbonyl (C=O) groups is 1. The summed E-state index contributed by atoms with van der Waals surface area (Å²) in [6, 6.07) is 26.6. The third-order valence-corrected chi connectivity index (χ3v) is 6.73. The van der Waals surface area contributed by atoms with Gasteiger partial charge in [0.25, 0.3) is 5.91 Å². The highest BCUT2D eigenvalue weighted by Crippen LogP contribution is 2.35. The number of nitrogens with zero attached hydrogens (tertiary/aromatic N) is 2. The normalized spacial score (nSPS) is 17.6. The van der Waals surface area contributed by atoms with Crippen molar-refractivity contribution in [3.8, 4) is 0 Å². The highest BCUT2D eigenvalue weighted by molar-refractivity contribution is 7.89. The third-order valence-electron chi connectivity index (χ3n) is 4.86. The van der Waals surface area contributed by atoms with Gasteiger partial charge >= 0.3 is 0 Å². The highest BCUT2D eigenvalue weighted by Gasteiger charge is 2.43. The number of hydrogen-bond acceptors (Lipinski definition) is 3. The fourth-order valence-electron chi connectivity index (χ4n) is 3.52. The number of rotatable bonds is 4. The predicted octanol–water partition coefficient (Wildman–Crippen LogP) is 3.53. The first-order valence-electron chi connectivity index (χ1n) is 9.07. The van der Waals surface area contributed by atoms with Gasteiger partial charge in [-0.1, -0.05) is 66.7 Å². The first-order chi connectivity index (χ1) is 13.6. The summed E-state index contributed by atoms with van der Waals surface area (Å²) in [6.45, 7) is 0.578. The van der Waals surface area contributed by atoms with Crippen LogP contribution in [0.2, 0.25) is 0 Å². The molecule has 1 heterocycles. The molecule has 1 fully saturated rings. The third kappa shape index (κ3) is 3.32. The molecule has 3 aromatic rings. The molecule has 0 saturated carbocycles. The Kier molecular flexibility index (Phi) is 4.98. The average molecular weight is 392 g/mol. The number of carbonyl (C=O) groups excluding carboxylic acids is 1. The molecular weight excluding hydrogens is 372 g/mol. The SMILES string of the molecule is O=C(c1ccccc1)N1CCN(S(=O)(=O)c2ccccc2)C1c1ccccc1. The second kappa shape index (κ2) is 7.58. The van der Waals surface area contributed by atoms with E-state index in [1.807, 2.05) is 36.4 Å². The van der Waals surface area contributed by atoms with Crippen molar-refractivity contribution in [2.75, 3.05) is 13.1 Å². The molecule has 3 aromatic carbocycles. The summed E-state index contributed by atoms with van der Waals surface area (Å²) in [5, 5.41) is 0. The molecule has 1 unspecified atom stereocenters. The Labute approximate surface area is 164 Å². The fourth-order valence-corrected chi connectivity index (χ4v) is 5.11. The Morgan fingerprint density at radius 2 is 1.29 bits per heavy atom. The van der Waals surface area contributed by atoms with Crippen molar-refractivity contribution in [3.63, 3.8) is 0 Å². The van der Waals surface area contributed by atoms with Gasteiger partial charge in [-0.2, -0.15) is 4.31 Å². The topological polar surface area (TPSA) is 57.7 Å². The van der Waals surface area contributed by atoms with E-state index in [0.717, 1.165) is 5.56 Å². The first kappa shape index (κ1) is 18.4. The molecule has 1 aliphatic heterocycles. The molecule has 0 aromatic heterocycles. The van der Waals surface area contributed by atoms with Crippen LogP contribution in [0.25, 0.3) is 0 Å². The van der Waals surface area contributed by atoms with Gasteiger partial charge in [0, 0.05) is 18.7 Å². The molecule has 0 bridgehead atoms. The molecule has 0 radical (unpaired) electrons. The minimum atomic E-state index is -3.75. The van der Waals surface area contributed by atoms with Crippen LogP contribution in [0.4, 0.5) is 0 Å². The number of hydrogen-bond donors (Lipinski definition) is 0. The van der Waals surface area contributed by atoms with Gasteiger partial charge in [-0.3, -0.25) is 4.79 Å². The lowest BCUT2D eigenvalue weighted by Crippen LogP contribution is -2.38. The fraction of sp³-hybridized carbons (Fsp3) is 0.136. The summed E-state index contributed by atoms with van der Waals surface area (Å²) in [4.78, 5) is 15.0. The molecule has 0 N–H and O–H groups in total. The van der Waals surface area contributed by atoms with E-state index in [0.29, 0.717) is 12.1 Å². The van der Waals surface area contributed by atoms with Gasteiger partial charge in [0.05, 0.1) is 4.90 Å². The molecule has 5 nitrogen and oxygen atoms in total. The average Bonchev–Trinajstić information content (AvgIpc) is 3.21. The van der Waals surface area contributed by atoms with Crippen molar-refractivity contribution in [1.29, 1.82) is 0 Å². The van der Waals surface area contributed by atoms with Gasteiger partial charge in [0.15, 0.2) is 0 Å². The Hall–Kier alpha value is -2.96. The van der Waals surface area contributed by atoms with E-state index in [9.17, 15) is 13.2 Å². The largest absolute Gasteiger partial charge is 0.316 e. The summed E-state index contributed by atoms with van der Waals surface area (Å²) in [5.41, 5.74) is 1.31. The van der Waals surface area contributed by atoms with E-state index in [4.69, 9.17) is 0 Å². The first-order valence-corrected chi connectivity index (χ1v) is 10.5. The van der Waals surface area contributed by atoms with Gasteiger partial charge in [-0.25, -0.2) is 8.42 Å². The molecule has 1 atom stereocenters. The molecule has 0 aliphatic carbocycles. The maximum absolute atomic E-state index is 13.3. The van der Waals surface area contributed by atoms with Crippen LogP contribution in [0, 0.1) is 0 Å². The summed E-state index contributed by atoms with van der Waals surface area (Å²) in [5.74, 6) is -0.180. The molecule has 1 saturated heterocycles. The monoisotopic (exact) mass is 392 g/mol. The maximum Gasteiger partial charge on any atom is 0.255 e. The zero-order chi connectivity index (χ0) is 19.6. The maximum atomic E-state index is 13.3. The van der Waals surface area contributed by atoms with Gasteiger partial charge in [-0.05, 0) is 29.8 Å². The van der Waals surface area contributed by atoms with Crippen molar-refractivity contribution in [1.82, 2.24) is 9.21 Å². The Bertz CT molecular complexity index is 1050. The molecule has 6 heteroatoms. The molecule has 1 amide bonds. The molecule has 4 rings (SSSR count). The molecule has 28 heavy (non-hydrogen) atoms. The zero-order valence-electron chi connectivity index (χ0n) is 15.2. The Morgan fingerprint density at radius 1 is 0.750 bits per heavy atom. The lowest BCUT2D eigenvalue weighted by atomic mass is 10.1. The van der Waals surface area contributed by atoms with E-state index in [1.54, 1.807) is 59.5 Å². The van der Waals surface area contributed by atoms with E-state index in [2.05, 4.69) is 0 Å². The highest BCUT2D eigenvalue weighted by atomic mass is 32.2. The van der Waals surface area contributed by atoms with Gasteiger partial charge in [0.2, 0.25) is 10.0 Å². The number of amides is 1. The van der Waals surface area contributed by atoms with Crippen LogP contribution in [-0.2, 0) is 10.0 Å². The van der Waals surface area contributed by atoms with Crippen LogP contribution in [0.1, 0.15) is 22.1 Å². The van der Waals surface area contributed by atoms with Crippen molar-refractivity contribution < 1.29 is 13.2 Å². The van der Waals surface area contributed by atoms with E-state index in [1.165, 1.54) is 4.31 Å². The van der Waals surface area contributed by atoms with E-state index >= 15 is 0 Å². The van der Waals surface area contributed by atoms with Crippen molar-refractivity contribution in [2.45, 2.75) is 11.1 Å². The van der Waals surface area contributed by atoms with Gasteiger partial charge < -0.3 is 4.90 Å². The second-order valence-corrected chi connectivity index (χ2v) is 8.47. The minimum absolute atomic E-state index is 0.180. The molecule has 0 spiro atoms. The summed E-state index contributed by atoms with van der Waals surface area (Å²) >= 11 is 0. The van der Waals surface area contributed by atoms with Crippen molar-refractivity contribution in [3.05, 3.63) is 102 Å². The minimum Gasteiger partial charge on any atom is -0.316 e. The molecule has 142 valence electrons. The van der Waals surface area contributed by atoms with Crippen LogP contribution in [-0.4, -0.2) is 36.6 Å². The zero-order valence-corrected chi connectivity index (χ0v) is 16.0.